The van der Waals surface area contributed by atoms with Gasteiger partial charge in [0.25, 0.3) is 0 Å². The van der Waals surface area contributed by atoms with E-state index in [1.807, 2.05) is 0 Å². The molecule has 0 saturated heterocycles. The molecule has 0 bridgehead atoms. The number of carbonyl (C=O) groups is 2. The molecule has 0 aromatic heterocycles. The third kappa shape index (κ3) is 6.21. The predicted octanol–water partition coefficient (Wildman–Crippen LogP) is 1.05. The van der Waals surface area contributed by atoms with Crippen molar-refractivity contribution in [2.24, 2.45) is 0 Å². The molecule has 0 saturated carbocycles. The maximum atomic E-state index is 12.0. The Morgan fingerprint density at radius 1 is 1.41 bits per heavy atom. The summed E-state index contributed by atoms with van der Waals surface area (Å²) in [6.07, 6.45) is -5.21. The molecule has 0 aliphatic heterocycles. The van der Waals surface area contributed by atoms with Gasteiger partial charge in [0, 0.05) is 6.42 Å². The molecule has 0 aromatic carbocycles. The molecule has 0 fully saturated rings. The van der Waals surface area contributed by atoms with Crippen LogP contribution in [0.15, 0.2) is 0 Å². The van der Waals surface area contributed by atoms with Crippen molar-refractivity contribution in [2.45, 2.75) is 18.6 Å². The number of amides is 1. The van der Waals surface area contributed by atoms with E-state index in [0.29, 0.717) is 0 Å². The van der Waals surface area contributed by atoms with Gasteiger partial charge in [0.15, 0.2) is 0 Å². The fourth-order valence-corrected chi connectivity index (χ4v) is 1.56. The summed E-state index contributed by atoms with van der Waals surface area (Å²) in [5.74, 6) is -3.22. The van der Waals surface area contributed by atoms with Crippen LogP contribution in [0.25, 0.3) is 0 Å². The highest BCUT2D eigenvalue weighted by Crippen LogP contribution is 2.18. The van der Waals surface area contributed by atoms with Gasteiger partial charge in [-0.1, -0.05) is 4.57 Å². The summed E-state index contributed by atoms with van der Waals surface area (Å²) >= 11 is 0. The Kier molecular flexibility index (Phi) is 6.09. The molecule has 2 unspecified atom stereocenters. The lowest BCUT2D eigenvalue weighted by Gasteiger charge is -2.15. The minimum absolute atomic E-state index is 0.0211. The van der Waals surface area contributed by atoms with Gasteiger partial charge in [-0.25, -0.2) is 4.79 Å². The fourth-order valence-electron chi connectivity index (χ4n) is 0.942. The number of carbonyl (C=O) groups excluding carboxylic acids is 2. The largest absolute Gasteiger partial charge is 0.471 e. The summed E-state index contributed by atoms with van der Waals surface area (Å²) in [7, 11) is -0.619. The zero-order valence-electron chi connectivity index (χ0n) is 9.21. The van der Waals surface area contributed by atoms with Crippen molar-refractivity contribution in [3.63, 3.8) is 0 Å². The van der Waals surface area contributed by atoms with Crippen molar-refractivity contribution >= 4 is 19.7 Å². The van der Waals surface area contributed by atoms with Crippen LogP contribution in [-0.4, -0.2) is 44.0 Å². The van der Waals surface area contributed by atoms with Crippen molar-refractivity contribution in [2.75, 3.05) is 19.9 Å². The summed E-state index contributed by atoms with van der Waals surface area (Å²) in [4.78, 5) is 21.7. The second-order valence-electron chi connectivity index (χ2n) is 3.19. The van der Waals surface area contributed by atoms with Crippen LogP contribution in [0, 0.1) is 0 Å². The maximum Gasteiger partial charge on any atom is 0.471 e. The van der Waals surface area contributed by atoms with Gasteiger partial charge in [-0.2, -0.15) is 13.2 Å². The van der Waals surface area contributed by atoms with E-state index in [0.717, 1.165) is 7.11 Å². The van der Waals surface area contributed by atoms with E-state index in [4.69, 9.17) is 0 Å². The van der Waals surface area contributed by atoms with E-state index in [1.165, 1.54) is 12.0 Å². The fraction of sp³-hybridized carbons (Fsp3) is 0.750. The number of ether oxygens (including phenoxy) is 1. The second kappa shape index (κ2) is 6.54. The average molecular weight is 274 g/mol. The number of halogens is 3. The minimum Gasteiger partial charge on any atom is -0.467 e. The lowest BCUT2D eigenvalue weighted by Crippen LogP contribution is -2.47. The molecule has 0 aliphatic carbocycles. The Bertz CT molecular complexity index is 318. The number of alkyl halides is 3. The molecule has 0 radical (unpaired) electrons. The molecule has 9 heteroatoms. The summed E-state index contributed by atoms with van der Waals surface area (Å²) in [5.41, 5.74) is 0. The first-order valence-electron chi connectivity index (χ1n) is 4.52. The quantitative estimate of drug-likeness (QED) is 0.601. The van der Waals surface area contributed by atoms with Crippen LogP contribution in [-0.2, 0) is 18.9 Å². The van der Waals surface area contributed by atoms with Gasteiger partial charge in [0.05, 0.1) is 7.11 Å². The monoisotopic (exact) mass is 274 g/mol. The zero-order valence-corrected chi connectivity index (χ0v) is 10.1. The van der Waals surface area contributed by atoms with Gasteiger partial charge >= 0.3 is 25.9 Å². The topological polar surface area (TPSA) is 72.5 Å². The normalized spacial score (nSPS) is 13.8. The molecule has 0 aromatic rings. The Morgan fingerprint density at radius 3 is 2.29 bits per heavy atom. The second-order valence-corrected chi connectivity index (χ2v) is 4.89. The smallest absolute Gasteiger partial charge is 0.467 e. The molecule has 0 heterocycles. The van der Waals surface area contributed by atoms with Crippen LogP contribution in [0.4, 0.5) is 13.2 Å². The van der Waals surface area contributed by atoms with E-state index in [-0.39, 0.29) is 12.6 Å². The number of hydrogen-bond acceptors (Lipinski definition) is 4. The van der Waals surface area contributed by atoms with E-state index in [1.54, 1.807) is 0 Å². The molecular weight excluding hydrogens is 262 g/mol. The molecule has 5 nitrogen and oxygen atoms in total. The molecule has 0 spiro atoms. The Balaban J connectivity index is 4.55. The molecule has 1 N–H and O–H groups in total. The van der Waals surface area contributed by atoms with Crippen LogP contribution < -0.4 is 5.32 Å². The molecule has 17 heavy (non-hydrogen) atoms. The van der Waals surface area contributed by atoms with Gasteiger partial charge in [-0.3, -0.25) is 4.79 Å². The number of methoxy groups -OCH3 is 1. The highest BCUT2D eigenvalue weighted by Gasteiger charge is 2.41. The van der Waals surface area contributed by atoms with E-state index < -0.39 is 31.9 Å². The number of nitrogens with one attached hydrogen (secondary N) is 1. The van der Waals surface area contributed by atoms with E-state index in [9.17, 15) is 27.3 Å². The summed E-state index contributed by atoms with van der Waals surface area (Å²) in [5, 5.41) is 1.50. The molecule has 1 amide bonds. The Labute approximate surface area is 96.5 Å². The Hall–Kier alpha value is -1.17. The van der Waals surface area contributed by atoms with Crippen LogP contribution in [0.1, 0.15) is 6.42 Å². The standard InChI is InChI=1S/C8H11F3NO4P/c1-16-6(13)5(3-4-17(2)15)12-7(14)8(9,10)11/h5H,3-4H2,1-2H3/p+1. The van der Waals surface area contributed by atoms with Crippen LogP contribution >= 0.6 is 7.80 Å². The third-order valence-electron chi connectivity index (χ3n) is 1.78. The lowest BCUT2D eigenvalue weighted by molar-refractivity contribution is -0.175. The molecule has 0 aliphatic rings. The summed E-state index contributed by atoms with van der Waals surface area (Å²) < 4.78 is 50.9. The molecule has 0 rings (SSSR count). The molecule has 98 valence electrons. The van der Waals surface area contributed by atoms with E-state index >= 15 is 0 Å². The van der Waals surface area contributed by atoms with Crippen molar-refractivity contribution in [3.05, 3.63) is 0 Å². The van der Waals surface area contributed by atoms with Crippen LogP contribution in [0.5, 0.6) is 0 Å². The lowest BCUT2D eigenvalue weighted by atomic mass is 10.2. The SMILES string of the molecule is COC(=O)C(CC[P+](C)=O)NC(=O)C(F)(F)F. The van der Waals surface area contributed by atoms with Crippen LogP contribution in [0.3, 0.4) is 0 Å². The van der Waals surface area contributed by atoms with Crippen molar-refractivity contribution in [3.8, 4) is 0 Å². The average Bonchev–Trinajstić information content (AvgIpc) is 2.20. The van der Waals surface area contributed by atoms with Crippen molar-refractivity contribution < 1.29 is 32.1 Å². The number of esters is 1. The zero-order chi connectivity index (χ0) is 13.6. The Morgan fingerprint density at radius 2 is 1.94 bits per heavy atom. The molecule has 2 atom stereocenters. The summed E-state index contributed by atoms with van der Waals surface area (Å²) in [6.45, 7) is 1.37. The van der Waals surface area contributed by atoms with Gasteiger partial charge < -0.3 is 10.1 Å². The van der Waals surface area contributed by atoms with Gasteiger partial charge in [0.2, 0.25) is 0 Å². The first kappa shape index (κ1) is 15.8. The highest BCUT2D eigenvalue weighted by atomic mass is 31.1. The number of rotatable bonds is 5. The van der Waals surface area contributed by atoms with Crippen LogP contribution in [0.2, 0.25) is 0 Å². The molecular formula is C8H12F3NO4P+. The minimum atomic E-state index is -5.07. The number of hydrogen-bond donors (Lipinski definition) is 1. The maximum absolute atomic E-state index is 12.0. The first-order chi connectivity index (χ1) is 7.68. The van der Waals surface area contributed by atoms with Crippen molar-refractivity contribution in [1.82, 2.24) is 5.32 Å². The van der Waals surface area contributed by atoms with Gasteiger partial charge in [-0.15, -0.1) is 0 Å². The van der Waals surface area contributed by atoms with Crippen molar-refractivity contribution in [1.29, 1.82) is 0 Å². The highest BCUT2D eigenvalue weighted by molar-refractivity contribution is 7.43. The summed E-state index contributed by atoms with van der Waals surface area (Å²) in [6, 6.07) is -1.44. The van der Waals surface area contributed by atoms with Gasteiger partial charge in [0.1, 0.15) is 18.9 Å². The predicted molar refractivity (Wildman–Crippen MR) is 53.0 cm³/mol. The van der Waals surface area contributed by atoms with E-state index in [2.05, 4.69) is 4.74 Å². The van der Waals surface area contributed by atoms with Gasteiger partial charge in [-0.05, 0) is 0 Å². The third-order valence-corrected chi connectivity index (χ3v) is 2.67. The first-order valence-corrected chi connectivity index (χ1v) is 6.41.